The number of thiophene rings is 1. The fourth-order valence-corrected chi connectivity index (χ4v) is 4.40. The number of carbonyl (C=O) groups excluding carboxylic acids is 2. The van der Waals surface area contributed by atoms with Gasteiger partial charge in [0.15, 0.2) is 0 Å². The molecule has 2 amide bonds. The lowest BCUT2D eigenvalue weighted by atomic mass is 10.1. The van der Waals surface area contributed by atoms with Gasteiger partial charge >= 0.3 is 0 Å². The van der Waals surface area contributed by atoms with E-state index in [4.69, 9.17) is 9.47 Å². The number of hydrogen-bond donors (Lipinski definition) is 0. The van der Waals surface area contributed by atoms with Crippen LogP contribution < -0.4 is 14.4 Å². The Hall–Kier alpha value is -3.58. The molecule has 158 valence electrons. The Labute approximate surface area is 184 Å². The summed E-state index contributed by atoms with van der Waals surface area (Å²) in [4.78, 5) is 30.9. The van der Waals surface area contributed by atoms with E-state index in [0.29, 0.717) is 35.0 Å². The molecule has 0 spiro atoms. The zero-order valence-corrected chi connectivity index (χ0v) is 18.3. The number of methoxy groups -OCH3 is 2. The van der Waals surface area contributed by atoms with Crippen LogP contribution in [0.2, 0.25) is 0 Å². The van der Waals surface area contributed by atoms with Gasteiger partial charge in [0.2, 0.25) is 0 Å². The van der Waals surface area contributed by atoms with Crippen LogP contribution in [0.25, 0.3) is 5.57 Å². The molecule has 0 radical (unpaired) electrons. The molecule has 1 aliphatic rings. The minimum absolute atomic E-state index is 0.370. The van der Waals surface area contributed by atoms with Crippen molar-refractivity contribution in [1.29, 1.82) is 0 Å². The summed E-state index contributed by atoms with van der Waals surface area (Å²) < 4.78 is 10.7. The molecule has 7 heteroatoms. The first kappa shape index (κ1) is 20.7. The maximum absolute atomic E-state index is 13.6. The molecule has 0 atom stereocenters. The monoisotopic (exact) mass is 434 g/mol. The van der Waals surface area contributed by atoms with Gasteiger partial charge in [0, 0.05) is 24.5 Å². The quantitative estimate of drug-likeness (QED) is 0.522. The van der Waals surface area contributed by atoms with E-state index in [1.807, 2.05) is 59.8 Å². The first-order valence-corrected chi connectivity index (χ1v) is 10.6. The highest BCUT2D eigenvalue weighted by molar-refractivity contribution is 7.11. The average Bonchev–Trinajstić information content (AvgIpc) is 3.40. The molecule has 0 saturated heterocycles. The lowest BCUT2D eigenvalue weighted by Crippen LogP contribution is -2.34. The van der Waals surface area contributed by atoms with Crippen molar-refractivity contribution in [3.63, 3.8) is 0 Å². The highest BCUT2D eigenvalue weighted by Crippen LogP contribution is 2.40. The number of amides is 2. The van der Waals surface area contributed by atoms with E-state index in [9.17, 15) is 9.59 Å². The summed E-state index contributed by atoms with van der Waals surface area (Å²) in [6.45, 7) is 0.498. The maximum atomic E-state index is 13.6. The third kappa shape index (κ3) is 3.80. The summed E-state index contributed by atoms with van der Waals surface area (Å²) in [6.07, 6.45) is 0. The molecular formula is C24H22N2O4S. The largest absolute Gasteiger partial charge is 0.497 e. The number of ether oxygens (including phenoxy) is 2. The van der Waals surface area contributed by atoms with E-state index in [1.165, 1.54) is 23.3 Å². The van der Waals surface area contributed by atoms with Gasteiger partial charge < -0.3 is 14.4 Å². The molecule has 0 N–H and O–H groups in total. The van der Waals surface area contributed by atoms with Gasteiger partial charge in [0.05, 0.1) is 25.5 Å². The molecule has 0 saturated carbocycles. The number of imide groups is 1. The number of nitrogens with zero attached hydrogens (tertiary/aromatic N) is 2. The predicted molar refractivity (Wildman–Crippen MR) is 121 cm³/mol. The summed E-state index contributed by atoms with van der Waals surface area (Å²) in [5.41, 5.74) is 2.20. The topological polar surface area (TPSA) is 59.1 Å². The standard InChI is InChI=1S/C24H22N2O4S/c1-25(15-16-8-5-4-6-9-16)22-21(20-10-7-13-31-20)23(27)26(24(22)28)18-12-11-17(29-2)14-19(18)30-3/h4-14H,15H2,1-3H3. The van der Waals surface area contributed by atoms with Crippen LogP contribution in [0, 0.1) is 0 Å². The molecule has 0 bridgehead atoms. The minimum Gasteiger partial charge on any atom is -0.497 e. The Kier molecular flexibility index (Phi) is 5.77. The zero-order valence-electron chi connectivity index (χ0n) is 17.5. The van der Waals surface area contributed by atoms with E-state index in [2.05, 4.69) is 0 Å². The van der Waals surface area contributed by atoms with Gasteiger partial charge in [-0.1, -0.05) is 36.4 Å². The predicted octanol–water partition coefficient (Wildman–Crippen LogP) is 4.18. The fraction of sp³-hybridized carbons (Fsp3) is 0.167. The van der Waals surface area contributed by atoms with Crippen molar-refractivity contribution in [2.24, 2.45) is 0 Å². The third-order valence-corrected chi connectivity index (χ3v) is 5.99. The highest BCUT2D eigenvalue weighted by atomic mass is 32.1. The summed E-state index contributed by atoms with van der Waals surface area (Å²) in [6, 6.07) is 18.6. The van der Waals surface area contributed by atoms with Crippen LogP contribution in [-0.4, -0.2) is 38.0 Å². The number of benzene rings is 2. The molecule has 1 aliphatic heterocycles. The highest BCUT2D eigenvalue weighted by Gasteiger charge is 2.43. The van der Waals surface area contributed by atoms with Crippen molar-refractivity contribution in [1.82, 2.24) is 4.90 Å². The van der Waals surface area contributed by atoms with E-state index in [-0.39, 0.29) is 11.8 Å². The Morgan fingerprint density at radius 2 is 1.71 bits per heavy atom. The van der Waals surface area contributed by atoms with E-state index in [0.717, 1.165) is 10.4 Å². The average molecular weight is 435 g/mol. The Balaban J connectivity index is 1.78. The van der Waals surface area contributed by atoms with E-state index < -0.39 is 0 Å². The Bertz CT molecular complexity index is 1140. The SMILES string of the molecule is COc1ccc(N2C(=O)C(c3cccs3)=C(N(C)Cc3ccccc3)C2=O)c(OC)c1. The van der Waals surface area contributed by atoms with Crippen molar-refractivity contribution >= 4 is 34.4 Å². The molecule has 0 unspecified atom stereocenters. The van der Waals surface area contributed by atoms with Gasteiger partial charge in [0.25, 0.3) is 11.8 Å². The summed E-state index contributed by atoms with van der Waals surface area (Å²) in [7, 11) is 4.88. The second-order valence-electron chi connectivity index (χ2n) is 7.03. The number of anilines is 1. The van der Waals surface area contributed by atoms with Crippen LogP contribution in [0.15, 0.2) is 71.7 Å². The molecular weight excluding hydrogens is 412 g/mol. The lowest BCUT2D eigenvalue weighted by Gasteiger charge is -2.22. The van der Waals surface area contributed by atoms with Crippen LogP contribution in [0.5, 0.6) is 11.5 Å². The summed E-state index contributed by atoms with van der Waals surface area (Å²) in [5, 5.41) is 1.89. The van der Waals surface area contributed by atoms with Gasteiger partial charge in [-0.3, -0.25) is 9.59 Å². The van der Waals surface area contributed by atoms with Crippen molar-refractivity contribution in [2.75, 3.05) is 26.2 Å². The number of rotatable bonds is 7. The van der Waals surface area contributed by atoms with Gasteiger partial charge in [-0.15, -0.1) is 11.3 Å². The van der Waals surface area contributed by atoms with Crippen LogP contribution in [0.3, 0.4) is 0 Å². The summed E-state index contributed by atoms with van der Waals surface area (Å²) in [5.74, 6) is 0.215. The lowest BCUT2D eigenvalue weighted by molar-refractivity contribution is -0.120. The zero-order chi connectivity index (χ0) is 22.0. The fourth-order valence-electron chi connectivity index (χ4n) is 3.64. The normalized spacial score (nSPS) is 13.7. The third-order valence-electron chi connectivity index (χ3n) is 5.10. The van der Waals surface area contributed by atoms with Gasteiger partial charge in [-0.2, -0.15) is 0 Å². The van der Waals surface area contributed by atoms with Crippen LogP contribution in [0.4, 0.5) is 5.69 Å². The molecule has 31 heavy (non-hydrogen) atoms. The van der Waals surface area contributed by atoms with E-state index >= 15 is 0 Å². The molecule has 2 heterocycles. The van der Waals surface area contributed by atoms with Crippen molar-refractivity contribution in [3.8, 4) is 11.5 Å². The summed E-state index contributed by atoms with van der Waals surface area (Å²) >= 11 is 1.43. The van der Waals surface area contributed by atoms with Gasteiger partial charge in [-0.25, -0.2) is 4.90 Å². The molecule has 2 aromatic carbocycles. The Morgan fingerprint density at radius 1 is 0.935 bits per heavy atom. The number of carbonyl (C=O) groups is 2. The molecule has 6 nitrogen and oxygen atoms in total. The first-order chi connectivity index (χ1) is 15.0. The Morgan fingerprint density at radius 3 is 2.35 bits per heavy atom. The smallest absolute Gasteiger partial charge is 0.282 e. The van der Waals surface area contributed by atoms with Crippen molar-refractivity contribution < 1.29 is 19.1 Å². The molecule has 0 fully saturated rings. The maximum Gasteiger partial charge on any atom is 0.282 e. The number of likely N-dealkylation sites (N-methyl/N-ethyl adjacent to an activating group) is 1. The van der Waals surface area contributed by atoms with Crippen LogP contribution in [-0.2, 0) is 16.1 Å². The minimum atomic E-state index is -0.379. The number of hydrogen-bond acceptors (Lipinski definition) is 6. The van der Waals surface area contributed by atoms with Crippen molar-refractivity contribution in [3.05, 3.63) is 82.2 Å². The second-order valence-corrected chi connectivity index (χ2v) is 7.97. The second kappa shape index (κ2) is 8.65. The van der Waals surface area contributed by atoms with E-state index in [1.54, 1.807) is 25.3 Å². The van der Waals surface area contributed by atoms with Crippen molar-refractivity contribution in [2.45, 2.75) is 6.54 Å². The molecule has 4 rings (SSSR count). The first-order valence-electron chi connectivity index (χ1n) is 9.69. The van der Waals surface area contributed by atoms with Crippen LogP contribution in [0.1, 0.15) is 10.4 Å². The molecule has 0 aliphatic carbocycles. The molecule has 3 aromatic rings. The van der Waals surface area contributed by atoms with Gasteiger partial charge in [0.1, 0.15) is 17.2 Å². The van der Waals surface area contributed by atoms with Crippen LogP contribution >= 0.6 is 11.3 Å². The molecule has 1 aromatic heterocycles. The van der Waals surface area contributed by atoms with Gasteiger partial charge in [-0.05, 0) is 29.1 Å².